The average molecular weight is 292 g/mol. The Morgan fingerprint density at radius 3 is 2.81 bits per heavy atom. The van der Waals surface area contributed by atoms with E-state index in [0.29, 0.717) is 5.92 Å². The summed E-state index contributed by atoms with van der Waals surface area (Å²) in [5, 5.41) is 0. The molecule has 0 spiro atoms. The number of halogens is 1. The van der Waals surface area contributed by atoms with Gasteiger partial charge in [0.25, 0.3) is 0 Å². The molecule has 0 saturated carbocycles. The lowest BCUT2D eigenvalue weighted by Gasteiger charge is -2.34. The Labute approximate surface area is 107 Å². The first-order valence-electron chi connectivity index (χ1n) is 6.10. The van der Waals surface area contributed by atoms with Gasteiger partial charge in [-0.2, -0.15) is 0 Å². The highest BCUT2D eigenvalue weighted by atomic mass is 79.9. The number of ether oxygens (including phenoxy) is 1. The summed E-state index contributed by atoms with van der Waals surface area (Å²) in [6.45, 7) is 8.47. The molecular formula is C12H22BrNO2. The summed E-state index contributed by atoms with van der Waals surface area (Å²) in [6, 6.07) is 0. The van der Waals surface area contributed by atoms with Gasteiger partial charge in [0, 0.05) is 19.7 Å². The van der Waals surface area contributed by atoms with Gasteiger partial charge in [0.2, 0.25) is 5.91 Å². The van der Waals surface area contributed by atoms with E-state index in [2.05, 4.69) is 29.8 Å². The molecule has 0 aromatic heterocycles. The SMILES string of the molecule is CCOC1CCCN(C(=O)C(Br)C(C)C)C1. The second kappa shape index (κ2) is 6.60. The molecule has 1 heterocycles. The molecule has 1 fully saturated rings. The number of likely N-dealkylation sites (tertiary alicyclic amines) is 1. The summed E-state index contributed by atoms with van der Waals surface area (Å²) in [6.07, 6.45) is 2.36. The summed E-state index contributed by atoms with van der Waals surface area (Å²) in [7, 11) is 0. The fraction of sp³-hybridized carbons (Fsp3) is 0.917. The first-order chi connectivity index (χ1) is 7.56. The third kappa shape index (κ3) is 3.74. The molecule has 0 bridgehead atoms. The van der Waals surface area contributed by atoms with Crippen LogP contribution in [0.2, 0.25) is 0 Å². The van der Waals surface area contributed by atoms with Crippen LogP contribution in [0.25, 0.3) is 0 Å². The van der Waals surface area contributed by atoms with Crippen molar-refractivity contribution in [3.05, 3.63) is 0 Å². The molecule has 0 N–H and O–H groups in total. The van der Waals surface area contributed by atoms with Gasteiger partial charge < -0.3 is 9.64 Å². The molecule has 2 unspecified atom stereocenters. The Balaban J connectivity index is 2.49. The van der Waals surface area contributed by atoms with Crippen LogP contribution in [0.3, 0.4) is 0 Å². The van der Waals surface area contributed by atoms with Crippen molar-refractivity contribution < 1.29 is 9.53 Å². The molecule has 0 aliphatic carbocycles. The van der Waals surface area contributed by atoms with Gasteiger partial charge in [0.05, 0.1) is 10.9 Å². The lowest BCUT2D eigenvalue weighted by molar-refractivity contribution is -0.135. The molecule has 1 saturated heterocycles. The van der Waals surface area contributed by atoms with E-state index in [0.717, 1.165) is 32.5 Å². The molecule has 4 heteroatoms. The van der Waals surface area contributed by atoms with E-state index in [9.17, 15) is 4.79 Å². The number of nitrogens with zero attached hydrogens (tertiary/aromatic N) is 1. The van der Waals surface area contributed by atoms with Crippen LogP contribution < -0.4 is 0 Å². The van der Waals surface area contributed by atoms with E-state index in [1.807, 2.05) is 11.8 Å². The molecule has 2 atom stereocenters. The van der Waals surface area contributed by atoms with Crippen LogP contribution in [0.4, 0.5) is 0 Å². The lowest BCUT2D eigenvalue weighted by atomic mass is 10.1. The number of hydrogen-bond donors (Lipinski definition) is 0. The van der Waals surface area contributed by atoms with Gasteiger partial charge in [0.15, 0.2) is 0 Å². The number of carbonyl (C=O) groups excluding carboxylic acids is 1. The van der Waals surface area contributed by atoms with Gasteiger partial charge in [-0.15, -0.1) is 0 Å². The topological polar surface area (TPSA) is 29.5 Å². The van der Waals surface area contributed by atoms with Gasteiger partial charge in [-0.1, -0.05) is 29.8 Å². The predicted molar refractivity (Wildman–Crippen MR) is 68.8 cm³/mol. The molecule has 0 aromatic carbocycles. The van der Waals surface area contributed by atoms with Crippen LogP contribution in [0.1, 0.15) is 33.6 Å². The van der Waals surface area contributed by atoms with Crippen molar-refractivity contribution in [2.24, 2.45) is 5.92 Å². The van der Waals surface area contributed by atoms with Crippen molar-refractivity contribution in [3.8, 4) is 0 Å². The highest BCUT2D eigenvalue weighted by Crippen LogP contribution is 2.19. The molecule has 3 nitrogen and oxygen atoms in total. The van der Waals surface area contributed by atoms with Crippen LogP contribution in [0.15, 0.2) is 0 Å². The fourth-order valence-electron chi connectivity index (χ4n) is 1.97. The van der Waals surface area contributed by atoms with Crippen molar-refractivity contribution >= 4 is 21.8 Å². The summed E-state index contributed by atoms with van der Waals surface area (Å²) < 4.78 is 5.59. The number of amides is 1. The molecule has 1 rings (SSSR count). The van der Waals surface area contributed by atoms with Gasteiger partial charge in [0.1, 0.15) is 0 Å². The number of rotatable bonds is 4. The first kappa shape index (κ1) is 14.0. The highest BCUT2D eigenvalue weighted by molar-refractivity contribution is 9.10. The van der Waals surface area contributed by atoms with Crippen LogP contribution in [-0.2, 0) is 9.53 Å². The fourth-order valence-corrected chi connectivity index (χ4v) is 2.26. The van der Waals surface area contributed by atoms with Gasteiger partial charge in [-0.25, -0.2) is 0 Å². The molecule has 1 amide bonds. The third-order valence-electron chi connectivity index (χ3n) is 2.91. The number of hydrogen-bond acceptors (Lipinski definition) is 2. The molecule has 1 aliphatic heterocycles. The zero-order chi connectivity index (χ0) is 12.1. The van der Waals surface area contributed by atoms with Crippen molar-refractivity contribution in [1.82, 2.24) is 4.90 Å². The van der Waals surface area contributed by atoms with Crippen LogP contribution >= 0.6 is 15.9 Å². The molecule has 1 aliphatic rings. The molecular weight excluding hydrogens is 270 g/mol. The average Bonchev–Trinajstić information content (AvgIpc) is 2.28. The van der Waals surface area contributed by atoms with E-state index in [-0.39, 0.29) is 16.8 Å². The Bertz CT molecular complexity index is 231. The maximum Gasteiger partial charge on any atom is 0.236 e. The van der Waals surface area contributed by atoms with Crippen molar-refractivity contribution in [1.29, 1.82) is 0 Å². The van der Waals surface area contributed by atoms with Crippen LogP contribution in [-0.4, -0.2) is 41.4 Å². The van der Waals surface area contributed by atoms with Crippen molar-refractivity contribution in [2.75, 3.05) is 19.7 Å². The van der Waals surface area contributed by atoms with Crippen molar-refractivity contribution in [2.45, 2.75) is 44.5 Å². The Hall–Kier alpha value is -0.0900. The molecule has 0 aromatic rings. The summed E-state index contributed by atoms with van der Waals surface area (Å²) in [5.74, 6) is 0.541. The molecule has 94 valence electrons. The molecule has 16 heavy (non-hydrogen) atoms. The number of alkyl halides is 1. The Kier molecular flexibility index (Phi) is 5.76. The Morgan fingerprint density at radius 2 is 2.25 bits per heavy atom. The second-order valence-corrected chi connectivity index (χ2v) is 5.64. The summed E-state index contributed by atoms with van der Waals surface area (Å²) >= 11 is 3.47. The highest BCUT2D eigenvalue weighted by Gasteiger charge is 2.29. The molecule has 0 radical (unpaired) electrons. The minimum Gasteiger partial charge on any atom is -0.377 e. The van der Waals surface area contributed by atoms with E-state index >= 15 is 0 Å². The summed E-state index contributed by atoms with van der Waals surface area (Å²) in [4.78, 5) is 14.0. The third-order valence-corrected chi connectivity index (χ3v) is 4.36. The minimum atomic E-state index is -0.0622. The first-order valence-corrected chi connectivity index (χ1v) is 7.02. The van der Waals surface area contributed by atoms with Gasteiger partial charge in [-0.3, -0.25) is 4.79 Å². The Morgan fingerprint density at radius 1 is 1.56 bits per heavy atom. The van der Waals surface area contributed by atoms with Crippen molar-refractivity contribution in [3.63, 3.8) is 0 Å². The van der Waals surface area contributed by atoms with E-state index in [1.54, 1.807) is 0 Å². The normalized spacial score (nSPS) is 23.6. The zero-order valence-corrected chi connectivity index (χ0v) is 12.0. The largest absolute Gasteiger partial charge is 0.377 e. The maximum absolute atomic E-state index is 12.1. The number of piperidine rings is 1. The monoisotopic (exact) mass is 291 g/mol. The van der Waals surface area contributed by atoms with Gasteiger partial charge >= 0.3 is 0 Å². The van der Waals surface area contributed by atoms with E-state index < -0.39 is 0 Å². The zero-order valence-electron chi connectivity index (χ0n) is 10.4. The standard InChI is InChI=1S/C12H22BrNO2/c1-4-16-10-6-5-7-14(8-10)12(15)11(13)9(2)3/h9-11H,4-8H2,1-3H3. The van der Waals surface area contributed by atoms with Crippen LogP contribution in [0.5, 0.6) is 0 Å². The predicted octanol–water partition coefficient (Wildman–Crippen LogP) is 2.43. The quantitative estimate of drug-likeness (QED) is 0.745. The number of carbonyl (C=O) groups is 1. The van der Waals surface area contributed by atoms with Gasteiger partial charge in [-0.05, 0) is 25.7 Å². The van der Waals surface area contributed by atoms with E-state index in [1.165, 1.54) is 0 Å². The summed E-state index contributed by atoms with van der Waals surface area (Å²) in [5.41, 5.74) is 0. The smallest absolute Gasteiger partial charge is 0.236 e. The lowest BCUT2D eigenvalue weighted by Crippen LogP contribution is -2.47. The second-order valence-electron chi connectivity index (χ2n) is 4.65. The van der Waals surface area contributed by atoms with E-state index in [4.69, 9.17) is 4.74 Å². The minimum absolute atomic E-state index is 0.0622. The maximum atomic E-state index is 12.1. The van der Waals surface area contributed by atoms with Crippen LogP contribution in [0, 0.1) is 5.92 Å².